The summed E-state index contributed by atoms with van der Waals surface area (Å²) in [5.41, 5.74) is 0. The van der Waals surface area contributed by atoms with Crippen LogP contribution in [0.25, 0.3) is 0 Å². The summed E-state index contributed by atoms with van der Waals surface area (Å²) in [4.78, 5) is 0. The summed E-state index contributed by atoms with van der Waals surface area (Å²) >= 11 is 0. The Hall–Kier alpha value is -0.203. The summed E-state index contributed by atoms with van der Waals surface area (Å²) in [5.74, 6) is 0. The van der Waals surface area contributed by atoms with Gasteiger partial charge in [-0.15, -0.1) is 6.58 Å². The molecule has 0 aromatic carbocycles. The number of hydrogen-bond donors (Lipinski definition) is 0. The highest BCUT2D eigenvalue weighted by Gasteiger charge is 2.36. The van der Waals surface area contributed by atoms with Gasteiger partial charge in [0.1, 0.15) is 0 Å². The molecule has 0 atom stereocenters. The fourth-order valence-electron chi connectivity index (χ4n) is 1.09. The van der Waals surface area contributed by atoms with Gasteiger partial charge in [-0.05, 0) is 20.3 Å². The van der Waals surface area contributed by atoms with Gasteiger partial charge in [-0.2, -0.15) is 0 Å². The van der Waals surface area contributed by atoms with E-state index in [1.54, 1.807) is 27.4 Å². The molecule has 0 radical (unpaired) electrons. The van der Waals surface area contributed by atoms with Crippen molar-refractivity contribution in [2.24, 2.45) is 0 Å². The Kier molecular flexibility index (Phi) is 14.6. The van der Waals surface area contributed by atoms with Crippen LogP contribution in [0.2, 0.25) is 6.04 Å². The van der Waals surface area contributed by atoms with Crippen LogP contribution in [0, 0.1) is 0 Å². The fourth-order valence-corrected chi connectivity index (χ4v) is 2.78. The van der Waals surface area contributed by atoms with Crippen molar-refractivity contribution in [2.75, 3.05) is 34.5 Å². The normalized spacial score (nSPS) is 10.6. The van der Waals surface area contributed by atoms with Gasteiger partial charge < -0.3 is 18.0 Å². The van der Waals surface area contributed by atoms with Crippen molar-refractivity contribution in [3.63, 3.8) is 0 Å². The zero-order valence-electron chi connectivity index (χ0n) is 11.2. The van der Waals surface area contributed by atoms with Gasteiger partial charge in [0, 0.05) is 40.6 Å². The maximum Gasteiger partial charge on any atom is 0.500 e. The van der Waals surface area contributed by atoms with Crippen LogP contribution in [-0.4, -0.2) is 43.3 Å². The molecule has 98 valence electrons. The van der Waals surface area contributed by atoms with Crippen LogP contribution >= 0.6 is 0 Å². The van der Waals surface area contributed by atoms with Gasteiger partial charge in [0.15, 0.2) is 0 Å². The molecule has 0 aliphatic rings. The predicted octanol–water partition coefficient (Wildman–Crippen LogP) is 2.48. The predicted molar refractivity (Wildman–Crippen MR) is 68.6 cm³/mol. The van der Waals surface area contributed by atoms with Gasteiger partial charge in [0.05, 0.1) is 0 Å². The first kappa shape index (κ1) is 18.2. The minimum absolute atomic E-state index is 0.737. The second-order valence-electron chi connectivity index (χ2n) is 3.00. The third kappa shape index (κ3) is 9.05. The van der Waals surface area contributed by atoms with Crippen LogP contribution in [0.1, 0.15) is 20.3 Å². The Morgan fingerprint density at radius 3 is 1.88 bits per heavy atom. The molecule has 0 aliphatic carbocycles. The molecule has 0 N–H and O–H groups in total. The second kappa shape index (κ2) is 12.9. The van der Waals surface area contributed by atoms with Gasteiger partial charge in [0.2, 0.25) is 0 Å². The third-order valence-electron chi connectivity index (χ3n) is 1.91. The average Bonchev–Trinajstić information content (AvgIpc) is 2.32. The van der Waals surface area contributed by atoms with Crippen molar-refractivity contribution in [1.82, 2.24) is 0 Å². The number of hydrogen-bond acceptors (Lipinski definition) is 4. The number of rotatable bonds is 8. The molecule has 0 aromatic heterocycles. The molecular weight excluding hydrogens is 224 g/mol. The van der Waals surface area contributed by atoms with Gasteiger partial charge in [-0.25, -0.2) is 0 Å². The fraction of sp³-hybridized carbons (Fsp3) is 0.818. The van der Waals surface area contributed by atoms with Crippen LogP contribution in [0.3, 0.4) is 0 Å². The van der Waals surface area contributed by atoms with E-state index >= 15 is 0 Å². The van der Waals surface area contributed by atoms with Crippen molar-refractivity contribution in [3.8, 4) is 0 Å². The summed E-state index contributed by atoms with van der Waals surface area (Å²) in [6.07, 6.45) is 2.66. The van der Waals surface area contributed by atoms with E-state index in [0.29, 0.717) is 0 Å². The third-order valence-corrected chi connectivity index (χ3v) is 4.74. The molecule has 16 heavy (non-hydrogen) atoms. The first-order chi connectivity index (χ1) is 7.66. The summed E-state index contributed by atoms with van der Waals surface area (Å²) in [7, 11) is 2.53. The standard InChI is InChI=1S/C8H20O4Si.C3H6/c1-5-12-7-6-8-13(9-2,10-3)11-4;1-3-2/h5-8H2,1-4H3;3H,1H2,2H3. The molecule has 5 heteroatoms. The van der Waals surface area contributed by atoms with E-state index in [-0.39, 0.29) is 0 Å². The monoisotopic (exact) mass is 250 g/mol. The van der Waals surface area contributed by atoms with Crippen LogP contribution in [0.5, 0.6) is 0 Å². The van der Waals surface area contributed by atoms with E-state index in [9.17, 15) is 0 Å². The van der Waals surface area contributed by atoms with E-state index in [1.165, 1.54) is 0 Å². The lowest BCUT2D eigenvalue weighted by Gasteiger charge is -2.24. The molecular formula is C11H26O4Si. The van der Waals surface area contributed by atoms with E-state index < -0.39 is 8.80 Å². The summed E-state index contributed by atoms with van der Waals surface area (Å²) in [5, 5.41) is 0. The summed E-state index contributed by atoms with van der Waals surface area (Å²) in [6.45, 7) is 8.72. The highest BCUT2D eigenvalue weighted by atomic mass is 28.4. The largest absolute Gasteiger partial charge is 0.500 e. The number of ether oxygens (including phenoxy) is 1. The van der Waals surface area contributed by atoms with E-state index in [4.69, 9.17) is 18.0 Å². The molecule has 0 saturated heterocycles. The van der Waals surface area contributed by atoms with Crippen molar-refractivity contribution in [1.29, 1.82) is 0 Å². The Labute approximate surface area is 101 Å². The summed E-state index contributed by atoms with van der Waals surface area (Å²) in [6, 6.07) is 0.802. The molecule has 0 amide bonds. The highest BCUT2D eigenvalue weighted by molar-refractivity contribution is 6.60. The molecule has 0 saturated carbocycles. The minimum atomic E-state index is -2.35. The lowest BCUT2D eigenvalue weighted by atomic mass is 10.5. The average molecular weight is 250 g/mol. The zero-order valence-corrected chi connectivity index (χ0v) is 12.2. The molecule has 0 rings (SSSR count). The summed E-state index contributed by atoms with van der Waals surface area (Å²) < 4.78 is 21.0. The van der Waals surface area contributed by atoms with Gasteiger partial charge in [0.25, 0.3) is 0 Å². The van der Waals surface area contributed by atoms with Crippen molar-refractivity contribution < 1.29 is 18.0 Å². The van der Waals surface area contributed by atoms with Crippen molar-refractivity contribution in [3.05, 3.63) is 12.7 Å². The molecule has 0 aromatic rings. The highest BCUT2D eigenvalue weighted by Crippen LogP contribution is 2.14. The smallest absolute Gasteiger partial charge is 0.382 e. The molecule has 0 bridgehead atoms. The van der Waals surface area contributed by atoms with Crippen molar-refractivity contribution in [2.45, 2.75) is 26.3 Å². The van der Waals surface area contributed by atoms with Crippen LogP contribution in [0.15, 0.2) is 12.7 Å². The molecule has 0 heterocycles. The van der Waals surface area contributed by atoms with Crippen LogP contribution in [0.4, 0.5) is 0 Å². The first-order valence-corrected chi connectivity index (χ1v) is 7.39. The van der Waals surface area contributed by atoms with E-state index in [2.05, 4.69) is 6.58 Å². The second-order valence-corrected chi connectivity index (χ2v) is 6.09. The van der Waals surface area contributed by atoms with Crippen LogP contribution < -0.4 is 0 Å². The quantitative estimate of drug-likeness (QED) is 0.377. The lowest BCUT2D eigenvalue weighted by Crippen LogP contribution is -2.42. The Morgan fingerprint density at radius 2 is 1.56 bits per heavy atom. The maximum absolute atomic E-state index is 5.26. The zero-order chi connectivity index (χ0) is 12.9. The van der Waals surface area contributed by atoms with Gasteiger partial charge in [-0.1, -0.05) is 6.08 Å². The molecule has 4 nitrogen and oxygen atoms in total. The molecule has 0 aliphatic heterocycles. The first-order valence-electron chi connectivity index (χ1n) is 5.46. The van der Waals surface area contributed by atoms with E-state index in [1.807, 2.05) is 13.8 Å². The van der Waals surface area contributed by atoms with Gasteiger partial charge >= 0.3 is 8.80 Å². The lowest BCUT2D eigenvalue weighted by molar-refractivity contribution is 0.111. The maximum atomic E-state index is 5.26. The molecule has 0 spiro atoms. The van der Waals surface area contributed by atoms with E-state index in [0.717, 1.165) is 25.7 Å². The molecule has 0 fully saturated rings. The van der Waals surface area contributed by atoms with Gasteiger partial charge in [-0.3, -0.25) is 0 Å². The Balaban J connectivity index is 0. The SMILES string of the molecule is C=CC.CCOCCC[Si](OC)(OC)OC. The number of allylic oxidation sites excluding steroid dienone is 1. The Morgan fingerprint density at radius 1 is 1.12 bits per heavy atom. The van der Waals surface area contributed by atoms with Crippen LogP contribution in [-0.2, 0) is 18.0 Å². The van der Waals surface area contributed by atoms with Crippen molar-refractivity contribution >= 4 is 8.80 Å². The minimum Gasteiger partial charge on any atom is -0.382 e. The topological polar surface area (TPSA) is 36.9 Å². The molecule has 0 unspecified atom stereocenters. The Bertz CT molecular complexity index is 141.